The number of hydrogen-bond donors (Lipinski definition) is 1. The molecule has 0 fully saturated rings. The molecule has 0 saturated carbocycles. The van der Waals surface area contributed by atoms with Gasteiger partial charge in [-0.2, -0.15) is 0 Å². The SMILES string of the molecule is O=C(O)CC=Cc1ncc(Cl)cc1Cl. The Hall–Kier alpha value is -1.06. The maximum absolute atomic E-state index is 10.2. The summed E-state index contributed by atoms with van der Waals surface area (Å²) in [6.45, 7) is 0. The van der Waals surface area contributed by atoms with Crippen LogP contribution in [0.2, 0.25) is 10.0 Å². The highest BCUT2D eigenvalue weighted by Gasteiger charge is 1.99. The average Bonchev–Trinajstić information content (AvgIpc) is 2.08. The van der Waals surface area contributed by atoms with E-state index in [-0.39, 0.29) is 6.42 Å². The zero-order chi connectivity index (χ0) is 10.6. The van der Waals surface area contributed by atoms with Crippen LogP contribution in [0.1, 0.15) is 12.1 Å². The number of carboxylic acids is 1. The van der Waals surface area contributed by atoms with E-state index in [0.717, 1.165) is 0 Å². The largest absolute Gasteiger partial charge is 0.481 e. The van der Waals surface area contributed by atoms with Crippen LogP contribution in [0.5, 0.6) is 0 Å². The van der Waals surface area contributed by atoms with Crippen LogP contribution in [0, 0.1) is 0 Å². The van der Waals surface area contributed by atoms with E-state index in [1.165, 1.54) is 12.3 Å². The summed E-state index contributed by atoms with van der Waals surface area (Å²) in [5.74, 6) is -0.897. The fourth-order valence-corrected chi connectivity index (χ4v) is 1.26. The zero-order valence-corrected chi connectivity index (χ0v) is 8.59. The summed E-state index contributed by atoms with van der Waals surface area (Å²) in [7, 11) is 0. The van der Waals surface area contributed by atoms with Crippen LogP contribution in [0.25, 0.3) is 6.08 Å². The predicted molar refractivity (Wildman–Crippen MR) is 55.5 cm³/mol. The van der Waals surface area contributed by atoms with Crippen molar-refractivity contribution in [1.82, 2.24) is 4.98 Å². The maximum Gasteiger partial charge on any atom is 0.307 e. The van der Waals surface area contributed by atoms with E-state index in [2.05, 4.69) is 4.98 Å². The number of carbonyl (C=O) groups is 1. The Morgan fingerprint density at radius 3 is 2.86 bits per heavy atom. The lowest BCUT2D eigenvalue weighted by atomic mass is 10.3. The Balaban J connectivity index is 2.76. The molecule has 1 aromatic heterocycles. The molecular formula is C9H7Cl2NO2. The van der Waals surface area contributed by atoms with Gasteiger partial charge in [0.2, 0.25) is 0 Å². The summed E-state index contributed by atoms with van der Waals surface area (Å²) >= 11 is 11.4. The number of aliphatic carboxylic acids is 1. The van der Waals surface area contributed by atoms with Crippen molar-refractivity contribution in [3.05, 3.63) is 34.1 Å². The van der Waals surface area contributed by atoms with Crippen molar-refractivity contribution in [1.29, 1.82) is 0 Å². The first-order chi connectivity index (χ1) is 6.59. The normalized spacial score (nSPS) is 10.7. The van der Waals surface area contributed by atoms with Gasteiger partial charge in [-0.1, -0.05) is 29.3 Å². The number of aromatic nitrogens is 1. The molecule has 0 atom stereocenters. The topological polar surface area (TPSA) is 50.2 Å². The van der Waals surface area contributed by atoms with Gasteiger partial charge in [-0.3, -0.25) is 9.78 Å². The Morgan fingerprint density at radius 2 is 2.29 bits per heavy atom. The molecule has 0 amide bonds. The fourth-order valence-electron chi connectivity index (χ4n) is 0.819. The Bertz CT molecular complexity index is 377. The minimum absolute atomic E-state index is 0.0549. The third kappa shape index (κ3) is 3.36. The van der Waals surface area contributed by atoms with Crippen LogP contribution >= 0.6 is 23.2 Å². The number of nitrogens with zero attached hydrogens (tertiary/aromatic N) is 1. The van der Waals surface area contributed by atoms with Gasteiger partial charge in [-0.15, -0.1) is 0 Å². The van der Waals surface area contributed by atoms with E-state index in [1.54, 1.807) is 12.1 Å². The first-order valence-corrected chi connectivity index (χ1v) is 4.54. The van der Waals surface area contributed by atoms with Gasteiger partial charge in [-0.25, -0.2) is 0 Å². The number of carboxylic acid groups (broad SMARTS) is 1. The molecule has 0 unspecified atom stereocenters. The molecule has 0 aliphatic heterocycles. The molecule has 0 saturated heterocycles. The van der Waals surface area contributed by atoms with Gasteiger partial charge in [0.15, 0.2) is 0 Å². The van der Waals surface area contributed by atoms with E-state index >= 15 is 0 Å². The molecule has 0 aliphatic carbocycles. The molecule has 3 nitrogen and oxygen atoms in total. The summed E-state index contributed by atoms with van der Waals surface area (Å²) in [5, 5.41) is 9.23. The van der Waals surface area contributed by atoms with E-state index in [1.807, 2.05) is 0 Å². The second-order valence-electron chi connectivity index (χ2n) is 2.52. The molecule has 0 spiro atoms. The quantitative estimate of drug-likeness (QED) is 0.871. The molecule has 1 aromatic rings. The lowest BCUT2D eigenvalue weighted by Crippen LogP contribution is -1.90. The number of hydrogen-bond acceptors (Lipinski definition) is 2. The number of halogens is 2. The summed E-state index contributed by atoms with van der Waals surface area (Å²) in [6.07, 6.45) is 4.42. The minimum Gasteiger partial charge on any atom is -0.481 e. The smallest absolute Gasteiger partial charge is 0.307 e. The van der Waals surface area contributed by atoms with Gasteiger partial charge in [0.25, 0.3) is 0 Å². The molecule has 14 heavy (non-hydrogen) atoms. The van der Waals surface area contributed by atoms with Crippen LogP contribution in [0.4, 0.5) is 0 Å². The molecule has 1 rings (SSSR count). The Morgan fingerprint density at radius 1 is 1.57 bits per heavy atom. The molecule has 0 radical (unpaired) electrons. The predicted octanol–water partition coefficient (Wildman–Crippen LogP) is 2.88. The summed E-state index contributed by atoms with van der Waals surface area (Å²) in [6, 6.07) is 1.55. The standard InChI is InChI=1S/C9H7Cl2NO2/c10-6-4-7(11)8(12-5-6)2-1-3-9(13)14/h1-2,4-5H,3H2,(H,13,14). The second kappa shape index (κ2) is 4.98. The molecule has 5 heteroatoms. The third-order valence-corrected chi connectivity index (χ3v) is 1.91. The molecule has 1 heterocycles. The van der Waals surface area contributed by atoms with E-state index in [0.29, 0.717) is 15.7 Å². The van der Waals surface area contributed by atoms with Crippen molar-refractivity contribution in [2.24, 2.45) is 0 Å². The first kappa shape index (κ1) is 11.0. The van der Waals surface area contributed by atoms with Crippen molar-refractivity contribution in [3.63, 3.8) is 0 Å². The van der Waals surface area contributed by atoms with Gasteiger partial charge in [-0.05, 0) is 12.1 Å². The molecule has 1 N–H and O–H groups in total. The Labute approximate surface area is 91.0 Å². The molecule has 0 aliphatic rings. The van der Waals surface area contributed by atoms with Crippen LogP contribution in [0.3, 0.4) is 0 Å². The fraction of sp³-hybridized carbons (Fsp3) is 0.111. The second-order valence-corrected chi connectivity index (χ2v) is 3.36. The van der Waals surface area contributed by atoms with Crippen molar-refractivity contribution in [2.45, 2.75) is 6.42 Å². The van der Waals surface area contributed by atoms with E-state index < -0.39 is 5.97 Å². The van der Waals surface area contributed by atoms with Crippen LogP contribution in [-0.4, -0.2) is 16.1 Å². The summed E-state index contributed by atoms with van der Waals surface area (Å²) < 4.78 is 0. The van der Waals surface area contributed by atoms with Crippen LogP contribution in [0.15, 0.2) is 18.3 Å². The highest BCUT2D eigenvalue weighted by molar-refractivity contribution is 6.35. The average molecular weight is 232 g/mol. The molecule has 0 aromatic carbocycles. The van der Waals surface area contributed by atoms with Crippen molar-refractivity contribution in [3.8, 4) is 0 Å². The lowest BCUT2D eigenvalue weighted by molar-refractivity contribution is -0.135. The zero-order valence-electron chi connectivity index (χ0n) is 7.08. The summed E-state index contributed by atoms with van der Waals surface area (Å²) in [4.78, 5) is 14.1. The van der Waals surface area contributed by atoms with Gasteiger partial charge in [0.1, 0.15) is 0 Å². The van der Waals surface area contributed by atoms with Crippen LogP contribution < -0.4 is 0 Å². The van der Waals surface area contributed by atoms with Gasteiger partial charge >= 0.3 is 5.97 Å². The van der Waals surface area contributed by atoms with E-state index in [9.17, 15) is 4.79 Å². The van der Waals surface area contributed by atoms with Crippen molar-refractivity contribution >= 4 is 35.2 Å². The molecule has 74 valence electrons. The molecule has 0 bridgehead atoms. The minimum atomic E-state index is -0.897. The highest BCUT2D eigenvalue weighted by atomic mass is 35.5. The molecular weight excluding hydrogens is 225 g/mol. The first-order valence-electron chi connectivity index (χ1n) is 3.79. The summed E-state index contributed by atoms with van der Waals surface area (Å²) in [5.41, 5.74) is 0.511. The van der Waals surface area contributed by atoms with Crippen LogP contribution in [-0.2, 0) is 4.79 Å². The van der Waals surface area contributed by atoms with Gasteiger partial charge in [0, 0.05) is 6.20 Å². The van der Waals surface area contributed by atoms with E-state index in [4.69, 9.17) is 28.3 Å². The maximum atomic E-state index is 10.2. The Kier molecular flexibility index (Phi) is 3.92. The number of rotatable bonds is 3. The highest BCUT2D eigenvalue weighted by Crippen LogP contribution is 2.19. The van der Waals surface area contributed by atoms with Gasteiger partial charge in [0.05, 0.1) is 22.2 Å². The van der Waals surface area contributed by atoms with Gasteiger partial charge < -0.3 is 5.11 Å². The lowest BCUT2D eigenvalue weighted by Gasteiger charge is -1.96. The third-order valence-electron chi connectivity index (χ3n) is 1.40. The van der Waals surface area contributed by atoms with Crippen molar-refractivity contribution < 1.29 is 9.90 Å². The monoisotopic (exact) mass is 231 g/mol. The van der Waals surface area contributed by atoms with Crippen molar-refractivity contribution in [2.75, 3.05) is 0 Å². The number of pyridine rings is 1.